The number of allylic oxidation sites excluding steroid dienone is 8. The molecule has 0 atom stereocenters. The van der Waals surface area contributed by atoms with Crippen molar-refractivity contribution in [3.05, 3.63) is 107 Å². The van der Waals surface area contributed by atoms with E-state index >= 15 is 0 Å². The maximum Gasteiger partial charge on any atom is 2.00 e. The molecule has 0 N–H and O–H groups in total. The minimum absolute atomic E-state index is 0. The summed E-state index contributed by atoms with van der Waals surface area (Å²) in [7, 11) is 0. The number of benzene rings is 2. The Labute approximate surface area is 162 Å². The van der Waals surface area contributed by atoms with Gasteiger partial charge in [0.25, 0.3) is 0 Å². The average Bonchev–Trinajstić information content (AvgIpc) is 3.30. The van der Waals surface area contributed by atoms with E-state index in [0.717, 1.165) is 12.8 Å². The first-order chi connectivity index (χ1) is 11.8. The summed E-state index contributed by atoms with van der Waals surface area (Å²) in [6, 6.07) is 16.9. The van der Waals surface area contributed by atoms with Crippen molar-refractivity contribution in [2.24, 2.45) is 0 Å². The van der Waals surface area contributed by atoms with Crippen LogP contribution in [0.5, 0.6) is 0 Å². The Kier molecular flexibility index (Phi) is 7.25. The van der Waals surface area contributed by atoms with Gasteiger partial charge >= 0.3 is 17.1 Å². The molecular weight excluding hydrogens is 344 g/mol. The smallest absolute Gasteiger partial charge is 0.272 e. The van der Waals surface area contributed by atoms with Gasteiger partial charge in [0.2, 0.25) is 0 Å². The van der Waals surface area contributed by atoms with E-state index in [9.17, 15) is 0 Å². The van der Waals surface area contributed by atoms with E-state index in [4.69, 9.17) is 0 Å². The van der Waals surface area contributed by atoms with E-state index < -0.39 is 0 Å². The number of hydrogen-bond donors (Lipinski definition) is 0. The number of rotatable bonds is 2. The van der Waals surface area contributed by atoms with E-state index in [2.05, 4.69) is 98.8 Å². The van der Waals surface area contributed by atoms with Crippen molar-refractivity contribution >= 4 is 11.1 Å². The van der Waals surface area contributed by atoms with Crippen LogP contribution in [0.3, 0.4) is 0 Å². The molecular formula is C24H22Fe. The second kappa shape index (κ2) is 9.42. The summed E-state index contributed by atoms with van der Waals surface area (Å²) in [5.74, 6) is 0. The van der Waals surface area contributed by atoms with Gasteiger partial charge in [-0.05, 0) is 13.8 Å². The van der Waals surface area contributed by atoms with Crippen LogP contribution in [0.4, 0.5) is 0 Å². The Morgan fingerprint density at radius 3 is 1.36 bits per heavy atom. The van der Waals surface area contributed by atoms with E-state index in [1.807, 2.05) is 0 Å². The molecule has 0 aromatic heterocycles. The predicted octanol–water partition coefficient (Wildman–Crippen LogP) is 6.28. The summed E-state index contributed by atoms with van der Waals surface area (Å²) in [6.07, 6.45) is 16.8. The Morgan fingerprint density at radius 1 is 0.640 bits per heavy atom. The van der Waals surface area contributed by atoms with Crippen LogP contribution in [0.25, 0.3) is 11.1 Å². The summed E-state index contributed by atoms with van der Waals surface area (Å²) >= 11 is 0. The molecule has 0 spiro atoms. The minimum atomic E-state index is 0. The van der Waals surface area contributed by atoms with Crippen LogP contribution >= 0.6 is 0 Å². The molecule has 0 bridgehead atoms. The molecule has 1 heteroatoms. The van der Waals surface area contributed by atoms with Gasteiger partial charge in [0.05, 0.1) is 0 Å². The minimum Gasteiger partial charge on any atom is -0.272 e. The van der Waals surface area contributed by atoms with Crippen molar-refractivity contribution in [1.82, 2.24) is 0 Å². The molecule has 2 aliphatic rings. The van der Waals surface area contributed by atoms with Gasteiger partial charge in [0.15, 0.2) is 0 Å². The Bertz CT molecular complexity index is 763. The topological polar surface area (TPSA) is 0 Å². The zero-order chi connectivity index (χ0) is 16.8. The van der Waals surface area contributed by atoms with E-state index in [0.29, 0.717) is 0 Å². The SMILES string of the molecule is Cc1ccccc1C1=CC[C-]=C1.Cc1ccccc1C1=CC[C-]=C1.[Fe+2]. The maximum atomic E-state index is 3.18. The summed E-state index contributed by atoms with van der Waals surface area (Å²) in [5.41, 5.74) is 7.97. The number of aryl methyl sites for hydroxylation is 2. The largest absolute Gasteiger partial charge is 2.00 e. The molecule has 25 heavy (non-hydrogen) atoms. The second-order valence-corrected chi connectivity index (χ2v) is 6.05. The average molecular weight is 366 g/mol. The van der Waals surface area contributed by atoms with Gasteiger partial charge in [-0.15, -0.1) is 12.8 Å². The summed E-state index contributed by atoms with van der Waals surface area (Å²) in [5, 5.41) is 0. The molecule has 2 aliphatic carbocycles. The van der Waals surface area contributed by atoms with E-state index in [1.165, 1.54) is 33.4 Å². The molecule has 126 valence electrons. The Morgan fingerprint density at radius 2 is 1.04 bits per heavy atom. The van der Waals surface area contributed by atoms with E-state index in [-0.39, 0.29) is 17.1 Å². The second-order valence-electron chi connectivity index (χ2n) is 6.05. The van der Waals surface area contributed by atoms with Crippen molar-refractivity contribution in [2.45, 2.75) is 26.7 Å². The fraction of sp³-hybridized carbons (Fsp3) is 0.167. The standard InChI is InChI=1S/2C12H11.Fe/c2*1-10-6-2-5-9-12(10)11-7-3-4-8-11;/h2*2,5-9H,3H2,1H3;/q2*-1;+2. The molecule has 0 fully saturated rings. The first kappa shape index (κ1) is 19.2. The molecule has 0 amide bonds. The Hall–Kier alpha value is -2.08. The van der Waals surface area contributed by atoms with Crippen LogP contribution in [0, 0.1) is 26.0 Å². The predicted molar refractivity (Wildman–Crippen MR) is 103 cm³/mol. The van der Waals surface area contributed by atoms with Gasteiger partial charge in [-0.3, -0.25) is 12.2 Å². The zero-order valence-corrected chi connectivity index (χ0v) is 15.8. The van der Waals surface area contributed by atoms with Gasteiger partial charge in [-0.2, -0.15) is 23.3 Å². The summed E-state index contributed by atoms with van der Waals surface area (Å²) in [6.45, 7) is 4.28. The van der Waals surface area contributed by atoms with Gasteiger partial charge in [0, 0.05) is 0 Å². The fourth-order valence-electron chi connectivity index (χ4n) is 2.96. The van der Waals surface area contributed by atoms with Gasteiger partial charge in [-0.25, -0.2) is 12.2 Å². The van der Waals surface area contributed by atoms with Crippen molar-refractivity contribution < 1.29 is 17.1 Å². The van der Waals surface area contributed by atoms with Crippen LogP contribution in [-0.4, -0.2) is 0 Å². The van der Waals surface area contributed by atoms with Crippen molar-refractivity contribution in [3.8, 4) is 0 Å². The van der Waals surface area contributed by atoms with Crippen LogP contribution in [0.2, 0.25) is 0 Å². The van der Waals surface area contributed by atoms with Crippen LogP contribution in [0.15, 0.2) is 72.8 Å². The third kappa shape index (κ3) is 4.95. The molecule has 0 heterocycles. The molecule has 2 aromatic carbocycles. The molecule has 2 aromatic rings. The molecule has 0 saturated carbocycles. The normalized spacial score (nSPS) is 14.3. The van der Waals surface area contributed by atoms with Gasteiger partial charge in [0.1, 0.15) is 0 Å². The quantitative estimate of drug-likeness (QED) is 0.433. The third-order valence-corrected chi connectivity index (χ3v) is 4.31. The molecule has 0 unspecified atom stereocenters. The number of hydrogen-bond acceptors (Lipinski definition) is 0. The molecule has 4 rings (SSSR count). The third-order valence-electron chi connectivity index (χ3n) is 4.31. The van der Waals surface area contributed by atoms with Crippen molar-refractivity contribution in [2.75, 3.05) is 0 Å². The molecule has 0 radical (unpaired) electrons. The first-order valence-corrected chi connectivity index (χ1v) is 8.41. The van der Waals surface area contributed by atoms with Gasteiger partial charge < -0.3 is 0 Å². The molecule has 0 nitrogen and oxygen atoms in total. The monoisotopic (exact) mass is 366 g/mol. The maximum absolute atomic E-state index is 3.18. The summed E-state index contributed by atoms with van der Waals surface area (Å²) < 4.78 is 0. The molecule has 0 saturated heterocycles. The van der Waals surface area contributed by atoms with Crippen LogP contribution in [0.1, 0.15) is 35.1 Å². The summed E-state index contributed by atoms with van der Waals surface area (Å²) in [4.78, 5) is 0. The van der Waals surface area contributed by atoms with Crippen LogP contribution < -0.4 is 0 Å². The Balaban J connectivity index is 0.000000173. The van der Waals surface area contributed by atoms with Gasteiger partial charge in [-0.1, -0.05) is 70.8 Å². The molecule has 0 aliphatic heterocycles. The van der Waals surface area contributed by atoms with E-state index in [1.54, 1.807) is 0 Å². The zero-order valence-electron chi connectivity index (χ0n) is 14.7. The van der Waals surface area contributed by atoms with Crippen molar-refractivity contribution in [3.63, 3.8) is 0 Å². The fourth-order valence-corrected chi connectivity index (χ4v) is 2.96. The van der Waals surface area contributed by atoms with Crippen LogP contribution in [-0.2, 0) is 17.1 Å². The van der Waals surface area contributed by atoms with Crippen molar-refractivity contribution in [1.29, 1.82) is 0 Å². The first-order valence-electron chi connectivity index (χ1n) is 8.41.